The Hall–Kier alpha value is -8.12. The summed E-state index contributed by atoms with van der Waals surface area (Å²) < 4.78 is 75.5. The largest absolute Gasteiger partial charge is 0.481 e. The van der Waals surface area contributed by atoms with Gasteiger partial charge in [0.1, 0.15) is 22.9 Å². The number of benzene rings is 2. The molecule has 6 unspecified atom stereocenters. The summed E-state index contributed by atoms with van der Waals surface area (Å²) in [6, 6.07) is 25.2. The van der Waals surface area contributed by atoms with Crippen molar-refractivity contribution in [2.24, 2.45) is 22.0 Å². The number of ether oxygens (including phenoxy) is 2. The maximum atomic E-state index is 14.3. The van der Waals surface area contributed by atoms with E-state index in [9.17, 15) is 31.5 Å². The topological polar surface area (TPSA) is 353 Å². The lowest BCUT2D eigenvalue weighted by atomic mass is 9.53. The summed E-state index contributed by atoms with van der Waals surface area (Å²) in [6.45, 7) is 15.1. The molecule has 16 rings (SSSR count). The van der Waals surface area contributed by atoms with Gasteiger partial charge in [-0.25, -0.2) is 45.3 Å². The van der Waals surface area contributed by atoms with E-state index < -0.39 is 71.2 Å². The second kappa shape index (κ2) is 21.5. The highest BCUT2D eigenvalue weighted by Gasteiger charge is 2.75. The molecule has 4 bridgehead atoms. The second-order valence-corrected chi connectivity index (χ2v) is 31.3. The number of aromatic amines is 2. The molecule has 480 valence electrons. The molecule has 91 heavy (non-hydrogen) atoms. The zero-order chi connectivity index (χ0) is 63.7. The molecule has 6 saturated heterocycles. The lowest BCUT2D eigenvalue weighted by Crippen LogP contribution is -2.56. The zero-order valence-electron chi connectivity index (χ0n) is 51.7. The Balaban J connectivity index is 0.728. The van der Waals surface area contributed by atoms with Gasteiger partial charge in [0.05, 0.1) is 65.7 Å². The minimum Gasteiger partial charge on any atom is -0.481 e. The first-order valence-electron chi connectivity index (χ1n) is 31.0. The second-order valence-electron chi connectivity index (χ2n) is 27.5. The van der Waals surface area contributed by atoms with Crippen LogP contribution in [0.2, 0.25) is 0 Å². The normalized spacial score (nSPS) is 27.8. The average molecular weight is 1280 g/mol. The van der Waals surface area contributed by atoms with Crippen molar-refractivity contribution in [1.82, 2.24) is 64.9 Å². The van der Waals surface area contributed by atoms with Gasteiger partial charge in [-0.1, -0.05) is 74.5 Å². The lowest BCUT2D eigenvalue weighted by molar-refractivity contribution is -0.149. The number of carboxylic acid groups (broad SMARTS) is 1. The Bertz CT molecular complexity index is 4410. The van der Waals surface area contributed by atoms with Crippen molar-refractivity contribution in [3.63, 3.8) is 0 Å². The van der Waals surface area contributed by atoms with E-state index in [1.807, 2.05) is 31.5 Å². The fraction of sp³-hybridized carbons (Fsp3) is 0.516. The van der Waals surface area contributed by atoms with E-state index in [4.69, 9.17) is 40.4 Å². The molecule has 8 aromatic rings. The Morgan fingerprint density at radius 3 is 1.81 bits per heavy atom. The molecular formula is C62H76N18O9S2. The number of H-pyrrole nitrogens is 2. The third-order valence-electron chi connectivity index (χ3n) is 20.6. The van der Waals surface area contributed by atoms with E-state index >= 15 is 0 Å². The summed E-state index contributed by atoms with van der Waals surface area (Å²) in [7, 11) is -7.77. The highest BCUT2D eigenvalue weighted by Crippen LogP contribution is 2.71. The van der Waals surface area contributed by atoms with Gasteiger partial charge < -0.3 is 35.4 Å². The SMILES string of the molecule is CCS(=O)(=O)Nc1n[nH]c(C2C3(CN)COC2(c2nc4c(CCCS(=O)(=O)Nc5n[nH]c(C6C7(CNC(=O)CC(C)(C)C(=O)O)COC6(c6nc8c(C)cc(N9CC[C@](C)(c%10ccccc%10)C9)cn8n6)C7)n5)cc(N5CC[C@](C)(c6ccccc6)C5)cn4n2)C3)n1. The number of anilines is 4. The van der Waals surface area contributed by atoms with Crippen LogP contribution in [0.1, 0.15) is 131 Å². The summed E-state index contributed by atoms with van der Waals surface area (Å²) in [5.41, 5.74) is 8.69. The minimum absolute atomic E-state index is 0.0333. The van der Waals surface area contributed by atoms with Gasteiger partial charge in [0.2, 0.25) is 26.0 Å². The molecule has 8 aliphatic rings. The Morgan fingerprint density at radius 1 is 0.736 bits per heavy atom. The number of nitrogens with two attached hydrogens (primary N) is 1. The highest BCUT2D eigenvalue weighted by atomic mass is 32.2. The van der Waals surface area contributed by atoms with Gasteiger partial charge in [0.15, 0.2) is 22.9 Å². The van der Waals surface area contributed by atoms with Crippen LogP contribution in [0.25, 0.3) is 11.3 Å². The molecule has 2 aliphatic carbocycles. The standard InChI is InChI=1S/C62H76N18O9S2/c1-7-90(84,85)75-54-65-47(69-71-54)45-59(32-63)30-61(45,88-36-59)52-68-50-39(26-43(29-80(50)74-52)78-23-21-58(6,35-78)41-18-12-9-13-19-41)15-14-24-91(86,87)76-55-66-48(70-72-55)46-60(33-64-44(81)27-56(3,4)53(82)83)31-62(46,89-37-60)51-67-49-38(2)25-42(28-79(49)73-51)77-22-20-57(5,34-77)40-16-10-8-11-17-40/h8-13,16-19,25-26,28-29,45-46H,7,14-15,20-24,27,30-37,63H2,1-6H3,(H,64,81)(H,82,83)(H2,65,69,71,75)(H2,66,70,72,76)/t45?,46?,57-,58-,59?,60?,61?,62?/m0/s1. The van der Waals surface area contributed by atoms with E-state index in [1.54, 1.807) is 9.03 Å². The number of pyridine rings is 2. The van der Waals surface area contributed by atoms with Gasteiger partial charge in [-0.2, -0.15) is 9.97 Å². The van der Waals surface area contributed by atoms with Crippen LogP contribution in [0.3, 0.4) is 0 Å². The van der Waals surface area contributed by atoms with Gasteiger partial charge >= 0.3 is 5.97 Å². The number of aromatic nitrogens is 12. The van der Waals surface area contributed by atoms with Crippen molar-refractivity contribution in [2.75, 3.05) is 83.2 Å². The summed E-state index contributed by atoms with van der Waals surface area (Å²) >= 11 is 0. The predicted molar refractivity (Wildman–Crippen MR) is 336 cm³/mol. The zero-order valence-corrected chi connectivity index (χ0v) is 53.4. The number of sulfonamides is 2. The fourth-order valence-corrected chi connectivity index (χ4v) is 16.9. The van der Waals surface area contributed by atoms with Crippen LogP contribution in [0.5, 0.6) is 0 Å². The first-order valence-corrected chi connectivity index (χ1v) is 34.3. The molecule has 6 aromatic heterocycles. The summed E-state index contributed by atoms with van der Waals surface area (Å²) in [5.74, 6) is -1.93. The molecule has 2 saturated carbocycles. The summed E-state index contributed by atoms with van der Waals surface area (Å²) in [5, 5.41) is 37.5. The molecule has 0 spiro atoms. The minimum atomic E-state index is -4.11. The van der Waals surface area contributed by atoms with E-state index in [-0.39, 0.29) is 73.2 Å². The average Bonchev–Trinajstić information content (AvgIpc) is 1.53. The predicted octanol–water partition coefficient (Wildman–Crippen LogP) is 5.16. The number of fused-ring (bicyclic) bond motifs is 4. The molecule has 1 amide bonds. The molecule has 0 radical (unpaired) electrons. The van der Waals surface area contributed by atoms with Crippen molar-refractivity contribution in [1.29, 1.82) is 0 Å². The Kier molecular flexibility index (Phi) is 14.3. The molecule has 8 atom stereocenters. The molecular weight excluding hydrogens is 1200 g/mol. The molecule has 29 heteroatoms. The number of aliphatic carboxylic acids is 1. The molecule has 8 N–H and O–H groups in total. The monoisotopic (exact) mass is 1280 g/mol. The van der Waals surface area contributed by atoms with Crippen LogP contribution in [-0.2, 0) is 67.6 Å². The number of amides is 1. The Labute approximate surface area is 526 Å². The highest BCUT2D eigenvalue weighted by molar-refractivity contribution is 7.92. The van der Waals surface area contributed by atoms with Gasteiger partial charge in [0, 0.05) is 67.3 Å². The number of hydrogen-bond donors (Lipinski definition) is 7. The quantitative estimate of drug-likeness (QED) is 0.0434. The smallest absolute Gasteiger partial charge is 0.309 e. The third kappa shape index (κ3) is 10.2. The number of aryl methyl sites for hydroxylation is 2. The van der Waals surface area contributed by atoms with E-state index in [1.165, 1.54) is 31.9 Å². The molecule has 2 aromatic carbocycles. The van der Waals surface area contributed by atoms with E-state index in [0.29, 0.717) is 54.0 Å². The van der Waals surface area contributed by atoms with Crippen LogP contribution < -0.4 is 30.3 Å². The van der Waals surface area contributed by atoms with Gasteiger partial charge in [0.25, 0.3) is 11.9 Å². The van der Waals surface area contributed by atoms with E-state index in [0.717, 1.165) is 61.5 Å². The molecule has 12 heterocycles. The van der Waals surface area contributed by atoms with Crippen LogP contribution in [0.15, 0.2) is 85.2 Å². The molecule has 27 nitrogen and oxygen atoms in total. The maximum Gasteiger partial charge on any atom is 0.309 e. The number of hydrogen-bond acceptors (Lipinski definition) is 19. The van der Waals surface area contributed by atoms with Crippen LogP contribution in [-0.4, -0.2) is 157 Å². The number of nitrogens with zero attached hydrogens (tertiary/aromatic N) is 12. The van der Waals surface area contributed by atoms with Crippen LogP contribution in [0, 0.1) is 23.2 Å². The number of carboxylic acids is 1. The third-order valence-corrected chi connectivity index (χ3v) is 23.2. The molecule has 6 aliphatic heterocycles. The maximum absolute atomic E-state index is 14.3. The lowest BCUT2D eigenvalue weighted by Gasteiger charge is -2.50. The van der Waals surface area contributed by atoms with Crippen molar-refractivity contribution >= 4 is 66.5 Å². The number of rotatable bonds is 23. The summed E-state index contributed by atoms with van der Waals surface area (Å²) in [4.78, 5) is 49.8. The van der Waals surface area contributed by atoms with Gasteiger partial charge in [-0.05, 0) is 101 Å². The van der Waals surface area contributed by atoms with Crippen molar-refractivity contribution in [2.45, 2.75) is 120 Å². The van der Waals surface area contributed by atoms with Crippen molar-refractivity contribution in [3.8, 4) is 0 Å². The molecule has 8 fully saturated rings. The fourth-order valence-electron chi connectivity index (χ4n) is 15.4. The van der Waals surface area contributed by atoms with Crippen molar-refractivity contribution < 1.29 is 41.0 Å². The number of nitrogens with one attached hydrogen (secondary N) is 5. The van der Waals surface area contributed by atoms with Crippen LogP contribution >= 0.6 is 0 Å². The first-order chi connectivity index (χ1) is 43.3. The van der Waals surface area contributed by atoms with Crippen molar-refractivity contribution in [3.05, 3.63) is 131 Å². The van der Waals surface area contributed by atoms with Gasteiger partial charge in [-0.15, -0.1) is 20.4 Å². The first kappa shape index (κ1) is 60.4. The Morgan fingerprint density at radius 2 is 1.25 bits per heavy atom. The number of carbonyl (C=O) groups is 2. The van der Waals surface area contributed by atoms with Crippen LogP contribution in [0.4, 0.5) is 23.3 Å². The van der Waals surface area contributed by atoms with Gasteiger partial charge in [-0.3, -0.25) is 19.8 Å². The number of carbonyl (C=O) groups excluding carboxylic acids is 1. The van der Waals surface area contributed by atoms with E-state index in [2.05, 4.69) is 124 Å². The summed E-state index contributed by atoms with van der Waals surface area (Å²) in [6.07, 6.45) is 6.88.